The Morgan fingerprint density at radius 2 is 1.24 bits per heavy atom. The number of halogens is 2. The van der Waals surface area contributed by atoms with E-state index in [1.54, 1.807) is 36.4 Å². The number of hydrogen-bond donors (Lipinski definition) is 0. The summed E-state index contributed by atoms with van der Waals surface area (Å²) < 4.78 is 11.5. The number of rotatable bonds is 18. The van der Waals surface area contributed by atoms with E-state index in [1.165, 1.54) is 0 Å². The van der Waals surface area contributed by atoms with Crippen molar-refractivity contribution >= 4 is 34.8 Å². The van der Waals surface area contributed by atoms with E-state index in [0.717, 1.165) is 5.75 Å². The summed E-state index contributed by atoms with van der Waals surface area (Å²) >= 11 is 12.0. The monoisotopic (exact) mass is 561 g/mol. The first kappa shape index (κ1) is 31.9. The van der Waals surface area contributed by atoms with Crippen molar-refractivity contribution in [2.75, 3.05) is 44.6 Å². The molecule has 38 heavy (non-hydrogen) atoms. The summed E-state index contributed by atoms with van der Waals surface area (Å²) in [5, 5.41) is 0. The molecule has 2 rings (SSSR count). The van der Waals surface area contributed by atoms with Gasteiger partial charge in [-0.25, -0.2) is 0 Å². The Labute approximate surface area is 238 Å². The van der Waals surface area contributed by atoms with Crippen LogP contribution in [0.5, 0.6) is 11.5 Å². The number of benzene rings is 2. The first-order chi connectivity index (χ1) is 18.1. The Morgan fingerprint density at radius 1 is 0.789 bits per heavy atom. The second-order valence-corrected chi connectivity index (χ2v) is 11.1. The van der Waals surface area contributed by atoms with E-state index in [4.69, 9.17) is 32.7 Å². The smallest absolute Gasteiger partial charge is 0.188 e. The topological polar surface area (TPSA) is 55.8 Å². The summed E-state index contributed by atoms with van der Waals surface area (Å²) in [6.45, 7) is 15.2. The molecular formula is C31H41Cl2NO4. The predicted molar refractivity (Wildman–Crippen MR) is 157 cm³/mol. The zero-order valence-corrected chi connectivity index (χ0v) is 24.6. The molecule has 0 aliphatic carbocycles. The maximum atomic E-state index is 13.6. The van der Waals surface area contributed by atoms with Crippen LogP contribution in [-0.4, -0.2) is 61.1 Å². The van der Waals surface area contributed by atoms with Gasteiger partial charge in [-0.05, 0) is 72.4 Å². The number of alkyl halides is 2. The van der Waals surface area contributed by atoms with Crippen LogP contribution in [0.15, 0.2) is 60.7 Å². The fourth-order valence-corrected chi connectivity index (χ4v) is 4.34. The second kappa shape index (κ2) is 16.6. The predicted octanol–water partition coefficient (Wildman–Crippen LogP) is 7.16. The average molecular weight is 563 g/mol. The SMILES string of the molecule is C=C(CC(CN(CCCl)CCCl)C(=O)c1ccc(OCC(C)C)cc1)C(=O)c1ccc(OCC(C)C)cc1. The molecule has 0 spiro atoms. The highest BCUT2D eigenvalue weighted by Crippen LogP contribution is 2.24. The fraction of sp³-hybridized carbons (Fsp3) is 0.484. The van der Waals surface area contributed by atoms with Crippen molar-refractivity contribution in [1.82, 2.24) is 4.90 Å². The molecule has 0 amide bonds. The maximum Gasteiger partial charge on any atom is 0.188 e. The van der Waals surface area contributed by atoms with Crippen molar-refractivity contribution in [2.24, 2.45) is 17.8 Å². The molecule has 208 valence electrons. The summed E-state index contributed by atoms with van der Waals surface area (Å²) in [5.74, 6) is 2.38. The largest absolute Gasteiger partial charge is 0.493 e. The minimum Gasteiger partial charge on any atom is -0.493 e. The number of nitrogens with zero attached hydrogens (tertiary/aromatic N) is 1. The molecule has 0 radical (unpaired) electrons. The Balaban J connectivity index is 2.18. The summed E-state index contributed by atoms with van der Waals surface area (Å²) in [7, 11) is 0. The maximum absolute atomic E-state index is 13.6. The second-order valence-electron chi connectivity index (χ2n) is 10.3. The van der Waals surface area contributed by atoms with Gasteiger partial charge in [0, 0.05) is 48.4 Å². The van der Waals surface area contributed by atoms with Gasteiger partial charge in [0.05, 0.1) is 13.2 Å². The molecule has 7 heteroatoms. The van der Waals surface area contributed by atoms with Crippen molar-refractivity contribution in [2.45, 2.75) is 34.1 Å². The summed E-state index contributed by atoms with van der Waals surface area (Å²) in [4.78, 5) is 28.9. The van der Waals surface area contributed by atoms with E-state index >= 15 is 0 Å². The molecule has 0 aliphatic rings. The summed E-state index contributed by atoms with van der Waals surface area (Å²) in [5.41, 5.74) is 1.46. The van der Waals surface area contributed by atoms with E-state index in [9.17, 15) is 9.59 Å². The molecule has 1 unspecified atom stereocenters. The van der Waals surface area contributed by atoms with Crippen molar-refractivity contribution in [1.29, 1.82) is 0 Å². The van der Waals surface area contributed by atoms with Crippen molar-refractivity contribution < 1.29 is 19.1 Å². The quantitative estimate of drug-likeness (QED) is 0.110. The third kappa shape index (κ3) is 10.8. The van der Waals surface area contributed by atoms with Crippen LogP contribution in [0, 0.1) is 17.8 Å². The van der Waals surface area contributed by atoms with Crippen LogP contribution in [0.3, 0.4) is 0 Å². The van der Waals surface area contributed by atoms with Crippen LogP contribution < -0.4 is 9.47 Å². The molecule has 0 fully saturated rings. The van der Waals surface area contributed by atoms with Crippen molar-refractivity contribution in [3.8, 4) is 11.5 Å². The Kier molecular flexibility index (Phi) is 13.9. The van der Waals surface area contributed by atoms with Gasteiger partial charge in [-0.2, -0.15) is 0 Å². The number of carbonyl (C=O) groups excluding carboxylic acids is 2. The number of allylic oxidation sites excluding steroid dienone is 1. The Hall–Kier alpha value is -2.34. The van der Waals surface area contributed by atoms with Crippen LogP contribution in [0.25, 0.3) is 0 Å². The van der Waals surface area contributed by atoms with Gasteiger partial charge in [0.15, 0.2) is 11.6 Å². The molecular weight excluding hydrogens is 521 g/mol. The van der Waals surface area contributed by atoms with Crippen LogP contribution >= 0.6 is 23.2 Å². The summed E-state index contributed by atoms with van der Waals surface area (Å²) in [6.07, 6.45) is 0.232. The van der Waals surface area contributed by atoms with Crippen LogP contribution in [0.1, 0.15) is 54.8 Å². The number of Topliss-reactive ketones (excluding diaryl/α,β-unsaturated/α-hetero) is 2. The lowest BCUT2D eigenvalue weighted by molar-refractivity contribution is 0.0880. The average Bonchev–Trinajstić information content (AvgIpc) is 2.90. The molecule has 5 nitrogen and oxygen atoms in total. The summed E-state index contributed by atoms with van der Waals surface area (Å²) in [6, 6.07) is 14.2. The molecule has 2 aromatic rings. The lowest BCUT2D eigenvalue weighted by Gasteiger charge is -2.26. The van der Waals surface area contributed by atoms with Gasteiger partial charge in [0.2, 0.25) is 0 Å². The zero-order chi connectivity index (χ0) is 28.1. The van der Waals surface area contributed by atoms with Crippen molar-refractivity contribution in [3.05, 3.63) is 71.8 Å². The number of hydrogen-bond acceptors (Lipinski definition) is 5. The Bertz CT molecular complexity index is 1010. The molecule has 2 aromatic carbocycles. The number of ether oxygens (including phenoxy) is 2. The third-order valence-electron chi connectivity index (χ3n) is 5.89. The van der Waals surface area contributed by atoms with E-state index < -0.39 is 5.92 Å². The molecule has 0 saturated heterocycles. The number of carbonyl (C=O) groups is 2. The molecule has 0 aromatic heterocycles. The zero-order valence-electron chi connectivity index (χ0n) is 23.1. The third-order valence-corrected chi connectivity index (χ3v) is 6.22. The van der Waals surface area contributed by atoms with E-state index in [1.807, 2.05) is 12.1 Å². The van der Waals surface area contributed by atoms with Crippen LogP contribution in [0.4, 0.5) is 0 Å². The van der Waals surface area contributed by atoms with Crippen LogP contribution in [-0.2, 0) is 0 Å². The minimum atomic E-state index is -0.478. The molecule has 1 atom stereocenters. The number of ketones is 2. The normalized spacial score (nSPS) is 12.1. The van der Waals surface area contributed by atoms with Crippen molar-refractivity contribution in [3.63, 3.8) is 0 Å². The molecule has 0 N–H and O–H groups in total. The van der Waals surface area contributed by atoms with Gasteiger partial charge in [-0.1, -0.05) is 34.3 Å². The first-order valence-electron chi connectivity index (χ1n) is 13.2. The van der Waals surface area contributed by atoms with Gasteiger partial charge in [0.25, 0.3) is 0 Å². The van der Waals surface area contributed by atoms with E-state index in [2.05, 4.69) is 39.2 Å². The van der Waals surface area contributed by atoms with Gasteiger partial charge in [0.1, 0.15) is 11.5 Å². The highest BCUT2D eigenvalue weighted by atomic mass is 35.5. The molecule has 0 saturated carbocycles. The molecule has 0 aliphatic heterocycles. The highest BCUT2D eigenvalue weighted by Gasteiger charge is 2.26. The van der Waals surface area contributed by atoms with Gasteiger partial charge >= 0.3 is 0 Å². The Morgan fingerprint density at radius 3 is 1.66 bits per heavy atom. The van der Waals surface area contributed by atoms with E-state index in [0.29, 0.717) is 78.9 Å². The minimum absolute atomic E-state index is 0.0547. The standard InChI is InChI=1S/C31H41Cl2NO4/c1-22(2)20-37-28-10-6-25(7-11-28)30(35)24(5)18-27(19-34(16-14-32)17-15-33)31(36)26-8-12-29(13-9-26)38-21-23(3)4/h6-13,22-23,27H,5,14-21H2,1-4H3. The fourth-order valence-electron chi connectivity index (χ4n) is 3.86. The molecule has 0 heterocycles. The van der Waals surface area contributed by atoms with E-state index in [-0.39, 0.29) is 18.0 Å². The first-order valence-corrected chi connectivity index (χ1v) is 14.3. The molecule has 0 bridgehead atoms. The van der Waals surface area contributed by atoms with Gasteiger partial charge < -0.3 is 14.4 Å². The lowest BCUT2D eigenvalue weighted by atomic mass is 9.88. The van der Waals surface area contributed by atoms with Crippen LogP contribution in [0.2, 0.25) is 0 Å². The van der Waals surface area contributed by atoms with Gasteiger partial charge in [-0.3, -0.25) is 9.59 Å². The lowest BCUT2D eigenvalue weighted by Crippen LogP contribution is -2.36. The van der Waals surface area contributed by atoms with Gasteiger partial charge in [-0.15, -0.1) is 23.2 Å². The highest BCUT2D eigenvalue weighted by molar-refractivity contribution is 6.18.